The van der Waals surface area contributed by atoms with Crippen LogP contribution in [0.15, 0.2) is 60.7 Å². The molecular weight excluding hydrogens is 546 g/mol. The van der Waals surface area contributed by atoms with E-state index < -0.39 is 6.09 Å². The van der Waals surface area contributed by atoms with E-state index >= 15 is 0 Å². The van der Waals surface area contributed by atoms with Crippen molar-refractivity contribution in [1.82, 2.24) is 4.90 Å². The summed E-state index contributed by atoms with van der Waals surface area (Å²) in [4.78, 5) is 41.1. The summed E-state index contributed by atoms with van der Waals surface area (Å²) in [7, 11) is 3.22. The van der Waals surface area contributed by atoms with E-state index in [9.17, 15) is 14.4 Å². The maximum Gasteiger partial charge on any atom is 0.416 e. The lowest BCUT2D eigenvalue weighted by Gasteiger charge is -2.26. The SMILES string of the molecule is COCCCOc1cc(C(=O)C(CC=CCC(C(=O)N2C(=O)OCC2Cc2ccccc2)C(C)C)C(C)C)ccc1OC. The second-order valence-corrected chi connectivity index (χ2v) is 11.7. The van der Waals surface area contributed by atoms with Crippen molar-refractivity contribution in [1.29, 1.82) is 0 Å². The Morgan fingerprint density at radius 1 is 0.930 bits per heavy atom. The van der Waals surface area contributed by atoms with Gasteiger partial charge >= 0.3 is 6.09 Å². The summed E-state index contributed by atoms with van der Waals surface area (Å²) >= 11 is 0. The molecule has 1 aliphatic rings. The van der Waals surface area contributed by atoms with Crippen LogP contribution in [-0.4, -0.2) is 62.8 Å². The number of methoxy groups -OCH3 is 2. The fraction of sp³-hybridized carbons (Fsp3) is 0.514. The van der Waals surface area contributed by atoms with E-state index in [1.54, 1.807) is 32.4 Å². The predicted octanol–water partition coefficient (Wildman–Crippen LogP) is 6.76. The summed E-state index contributed by atoms with van der Waals surface area (Å²) in [6.45, 7) is 9.29. The standard InChI is InChI=1S/C35H47NO7/c1-24(2)29(33(37)27-17-18-31(41-6)32(22-27)42-20-12-19-40-5)15-10-11-16-30(25(3)4)34(38)36-28(23-43-35(36)39)21-26-13-8-7-9-14-26/h7-11,13-14,17-18,22,24-25,28-30H,12,15-16,19-21,23H2,1-6H3. The molecule has 2 amide bonds. The fourth-order valence-corrected chi connectivity index (χ4v) is 5.31. The molecule has 2 aromatic carbocycles. The van der Waals surface area contributed by atoms with E-state index in [-0.39, 0.29) is 48.0 Å². The number of benzene rings is 2. The first kappa shape index (κ1) is 33.8. The summed E-state index contributed by atoms with van der Waals surface area (Å²) in [5.74, 6) is 0.424. The van der Waals surface area contributed by atoms with Crippen LogP contribution < -0.4 is 9.47 Å². The fourth-order valence-electron chi connectivity index (χ4n) is 5.31. The number of amides is 2. The lowest BCUT2D eigenvalue weighted by atomic mass is 9.84. The van der Waals surface area contributed by atoms with E-state index in [2.05, 4.69) is 0 Å². The topological polar surface area (TPSA) is 91.4 Å². The average molecular weight is 594 g/mol. The van der Waals surface area contributed by atoms with Gasteiger partial charge in [0.05, 0.1) is 19.8 Å². The number of imide groups is 1. The molecule has 1 fully saturated rings. The van der Waals surface area contributed by atoms with E-state index in [0.29, 0.717) is 49.5 Å². The Balaban J connectivity index is 1.67. The Bertz CT molecular complexity index is 1220. The Morgan fingerprint density at radius 2 is 1.60 bits per heavy atom. The van der Waals surface area contributed by atoms with Gasteiger partial charge in [-0.25, -0.2) is 9.69 Å². The maximum atomic E-state index is 13.6. The van der Waals surface area contributed by atoms with Crippen LogP contribution in [0.1, 0.15) is 62.9 Å². The molecule has 3 atom stereocenters. The van der Waals surface area contributed by atoms with Crippen molar-refractivity contribution in [2.45, 2.75) is 59.4 Å². The number of rotatable bonds is 17. The van der Waals surface area contributed by atoms with Crippen LogP contribution in [0.3, 0.4) is 0 Å². The largest absolute Gasteiger partial charge is 0.493 e. The van der Waals surface area contributed by atoms with Crippen molar-refractivity contribution < 1.29 is 33.3 Å². The number of hydrogen-bond acceptors (Lipinski definition) is 7. The van der Waals surface area contributed by atoms with Gasteiger partial charge in [-0.05, 0) is 54.9 Å². The van der Waals surface area contributed by atoms with Crippen LogP contribution in [0.4, 0.5) is 4.79 Å². The number of ether oxygens (including phenoxy) is 4. The first-order valence-corrected chi connectivity index (χ1v) is 15.2. The molecule has 0 N–H and O–H groups in total. The molecule has 0 aromatic heterocycles. The summed E-state index contributed by atoms with van der Waals surface area (Å²) in [6, 6.07) is 14.8. The Morgan fingerprint density at radius 3 is 2.23 bits per heavy atom. The van der Waals surface area contributed by atoms with Gasteiger partial charge in [-0.3, -0.25) is 9.59 Å². The number of ketones is 1. The zero-order valence-electron chi connectivity index (χ0n) is 26.4. The van der Waals surface area contributed by atoms with Gasteiger partial charge in [0.25, 0.3) is 0 Å². The highest BCUT2D eigenvalue weighted by atomic mass is 16.6. The van der Waals surface area contributed by atoms with E-state index in [4.69, 9.17) is 18.9 Å². The van der Waals surface area contributed by atoms with Crippen LogP contribution in [-0.2, 0) is 20.7 Å². The third-order valence-corrected chi connectivity index (χ3v) is 7.92. The van der Waals surface area contributed by atoms with Gasteiger partial charge in [0.15, 0.2) is 17.3 Å². The molecule has 8 heteroatoms. The van der Waals surface area contributed by atoms with Crippen LogP contribution >= 0.6 is 0 Å². The van der Waals surface area contributed by atoms with Gasteiger partial charge < -0.3 is 18.9 Å². The molecule has 8 nitrogen and oxygen atoms in total. The summed E-state index contributed by atoms with van der Waals surface area (Å²) in [5, 5.41) is 0. The summed E-state index contributed by atoms with van der Waals surface area (Å²) in [5.41, 5.74) is 1.62. The molecule has 43 heavy (non-hydrogen) atoms. The Kier molecular flexibility index (Phi) is 13.3. The first-order valence-electron chi connectivity index (χ1n) is 15.2. The van der Waals surface area contributed by atoms with Crippen LogP contribution in [0, 0.1) is 23.7 Å². The van der Waals surface area contributed by atoms with Crippen molar-refractivity contribution in [3.63, 3.8) is 0 Å². The molecule has 0 aliphatic carbocycles. The highest BCUT2D eigenvalue weighted by Crippen LogP contribution is 2.31. The molecule has 0 spiro atoms. The second kappa shape index (κ2) is 16.8. The molecular formula is C35H47NO7. The highest BCUT2D eigenvalue weighted by molar-refractivity contribution is 5.98. The minimum atomic E-state index is -0.576. The number of nitrogens with zero attached hydrogens (tertiary/aromatic N) is 1. The van der Waals surface area contributed by atoms with Crippen LogP contribution in [0.2, 0.25) is 0 Å². The van der Waals surface area contributed by atoms with Gasteiger partial charge in [0, 0.05) is 37.5 Å². The quantitative estimate of drug-likeness (QED) is 0.114. The second-order valence-electron chi connectivity index (χ2n) is 11.7. The van der Waals surface area contributed by atoms with Crippen molar-refractivity contribution in [2.75, 3.05) is 34.0 Å². The Hall–Kier alpha value is -3.65. The van der Waals surface area contributed by atoms with Gasteiger partial charge in [0.1, 0.15) is 6.61 Å². The zero-order chi connectivity index (χ0) is 31.4. The van der Waals surface area contributed by atoms with Crippen molar-refractivity contribution in [3.05, 3.63) is 71.8 Å². The van der Waals surface area contributed by atoms with Gasteiger partial charge in [-0.2, -0.15) is 0 Å². The third-order valence-electron chi connectivity index (χ3n) is 7.92. The molecule has 3 rings (SSSR count). The first-order chi connectivity index (χ1) is 20.7. The average Bonchev–Trinajstić information content (AvgIpc) is 3.35. The molecule has 1 aliphatic heterocycles. The maximum absolute atomic E-state index is 13.6. The van der Waals surface area contributed by atoms with Crippen LogP contribution in [0.5, 0.6) is 11.5 Å². The minimum absolute atomic E-state index is 0.0204. The number of allylic oxidation sites excluding steroid dienone is 2. The van der Waals surface area contributed by atoms with Gasteiger partial charge in [-0.15, -0.1) is 0 Å². The molecule has 3 unspecified atom stereocenters. The smallest absolute Gasteiger partial charge is 0.416 e. The highest BCUT2D eigenvalue weighted by Gasteiger charge is 2.41. The van der Waals surface area contributed by atoms with Crippen molar-refractivity contribution in [2.24, 2.45) is 23.7 Å². The van der Waals surface area contributed by atoms with Crippen molar-refractivity contribution in [3.8, 4) is 11.5 Å². The molecule has 0 saturated carbocycles. The van der Waals surface area contributed by atoms with Gasteiger partial charge in [0.2, 0.25) is 5.91 Å². The minimum Gasteiger partial charge on any atom is -0.493 e. The predicted molar refractivity (Wildman–Crippen MR) is 166 cm³/mol. The molecule has 1 heterocycles. The molecule has 234 valence electrons. The number of hydrogen-bond donors (Lipinski definition) is 0. The Labute approximate surface area is 256 Å². The number of carbonyl (C=O) groups excluding carboxylic acids is 3. The van der Waals surface area contributed by atoms with E-state index in [1.807, 2.05) is 70.2 Å². The van der Waals surface area contributed by atoms with Gasteiger partial charge in [-0.1, -0.05) is 70.2 Å². The monoisotopic (exact) mass is 593 g/mol. The normalized spacial score (nSPS) is 16.5. The molecule has 0 bridgehead atoms. The van der Waals surface area contributed by atoms with Crippen molar-refractivity contribution >= 4 is 17.8 Å². The van der Waals surface area contributed by atoms with Crippen LogP contribution in [0.25, 0.3) is 0 Å². The number of carbonyl (C=O) groups is 3. The zero-order valence-corrected chi connectivity index (χ0v) is 26.4. The lowest BCUT2D eigenvalue weighted by Crippen LogP contribution is -2.44. The molecule has 0 radical (unpaired) electrons. The number of Topliss-reactive ketones (excluding diaryl/α,β-unsaturated/α-hetero) is 1. The lowest BCUT2D eigenvalue weighted by molar-refractivity contribution is -0.134. The number of cyclic esters (lactones) is 1. The van der Waals surface area contributed by atoms with E-state index in [0.717, 1.165) is 12.0 Å². The third kappa shape index (κ3) is 9.42. The summed E-state index contributed by atoms with van der Waals surface area (Å²) < 4.78 is 21.7. The summed E-state index contributed by atoms with van der Waals surface area (Å²) in [6.07, 6.45) is 5.67. The van der Waals surface area contributed by atoms with E-state index in [1.165, 1.54) is 4.90 Å². The molecule has 1 saturated heterocycles. The molecule has 2 aromatic rings.